The molecule has 0 fully saturated rings. The van der Waals surface area contributed by atoms with E-state index in [1.807, 2.05) is 0 Å². The minimum atomic E-state index is -2.42. The minimum Gasteiger partial charge on any atom is -0.268 e. The van der Waals surface area contributed by atoms with Gasteiger partial charge in [-0.25, -0.2) is 22.5 Å². The first kappa shape index (κ1) is 28.0. The van der Waals surface area contributed by atoms with Gasteiger partial charge in [0, 0.05) is 28.5 Å². The van der Waals surface area contributed by atoms with Crippen molar-refractivity contribution in [3.8, 4) is 0 Å². The minimum absolute atomic E-state index is 0.0345. The number of hydrogen-bond acceptors (Lipinski definition) is 5. The maximum atomic E-state index is 16.0. The van der Waals surface area contributed by atoms with E-state index >= 15 is 8.78 Å². The maximum Gasteiger partial charge on any atom is 0.357 e. The zero-order valence-corrected chi connectivity index (χ0v) is 21.8. The van der Waals surface area contributed by atoms with Gasteiger partial charge in [-0.2, -0.15) is 5.10 Å². The van der Waals surface area contributed by atoms with E-state index in [0.29, 0.717) is 15.7 Å². The van der Waals surface area contributed by atoms with Crippen LogP contribution in [0.25, 0.3) is 12.2 Å². The summed E-state index contributed by atoms with van der Waals surface area (Å²) in [6.07, 6.45) is 0.444. The van der Waals surface area contributed by atoms with Crippen LogP contribution in [0.4, 0.5) is 18.9 Å². The molecule has 0 N–H and O–H groups in total. The van der Waals surface area contributed by atoms with Gasteiger partial charge in [-0.1, -0.05) is 78.9 Å². The zero-order chi connectivity index (χ0) is 29.8. The molecule has 212 valence electrons. The highest BCUT2D eigenvalue weighted by Crippen LogP contribution is 2.26. The smallest absolute Gasteiger partial charge is 0.268 e. The van der Waals surface area contributed by atoms with Gasteiger partial charge in [-0.15, -0.1) is 0 Å². The molecule has 0 amide bonds. The summed E-state index contributed by atoms with van der Waals surface area (Å²) >= 11 is 0. The van der Waals surface area contributed by atoms with Crippen molar-refractivity contribution in [1.29, 1.82) is 0 Å². The molecule has 0 saturated heterocycles. The Morgan fingerprint density at radius 2 is 1.40 bits per heavy atom. The van der Waals surface area contributed by atoms with Gasteiger partial charge in [-0.3, -0.25) is 24.2 Å². The van der Waals surface area contributed by atoms with Crippen molar-refractivity contribution in [2.24, 2.45) is 0 Å². The monoisotopic (exact) mass is 573 g/mol. The van der Waals surface area contributed by atoms with E-state index in [9.17, 15) is 24.1 Å². The van der Waals surface area contributed by atoms with E-state index in [-0.39, 0.29) is 22.2 Å². The van der Waals surface area contributed by atoms with E-state index < -0.39 is 46.0 Å². The molecule has 2 atom stereocenters. The van der Waals surface area contributed by atoms with E-state index in [2.05, 4.69) is 5.10 Å². The summed E-state index contributed by atoms with van der Waals surface area (Å²) in [5, 5.41) is 16.3. The number of benzene rings is 3. The van der Waals surface area contributed by atoms with Crippen LogP contribution in [0, 0.1) is 15.9 Å². The van der Waals surface area contributed by atoms with E-state index in [0.717, 1.165) is 6.08 Å². The molecule has 0 spiro atoms. The van der Waals surface area contributed by atoms with Gasteiger partial charge < -0.3 is 0 Å². The molecule has 2 aromatic heterocycles. The highest BCUT2D eigenvalue weighted by molar-refractivity contribution is 5.71. The van der Waals surface area contributed by atoms with Crippen LogP contribution in [-0.2, 0) is 6.54 Å². The molecule has 0 saturated carbocycles. The summed E-state index contributed by atoms with van der Waals surface area (Å²) in [6, 6.07) is 20.5. The summed E-state index contributed by atoms with van der Waals surface area (Å²) < 4.78 is 47.5. The van der Waals surface area contributed by atoms with Gasteiger partial charge in [0.2, 0.25) is 12.6 Å². The lowest BCUT2D eigenvalue weighted by molar-refractivity contribution is -0.387. The molecule has 5 rings (SSSR count). The van der Waals surface area contributed by atoms with Crippen LogP contribution in [0.2, 0.25) is 0 Å². The molecule has 3 aromatic carbocycles. The maximum absolute atomic E-state index is 16.0. The van der Waals surface area contributed by atoms with Crippen molar-refractivity contribution >= 4 is 17.8 Å². The number of halogens is 3. The molecule has 0 aliphatic rings. The predicted octanol–water partition coefficient (Wildman–Crippen LogP) is 5.51. The normalized spacial score (nSPS) is 12.8. The summed E-state index contributed by atoms with van der Waals surface area (Å²) in [6.45, 7) is 0.0827. The molecule has 5 aromatic rings. The SMILES string of the molecule is O=c1c([N+](=O)[O-])c(C=Cc2cnn(Cc3ccccc3F)c2)n(C(F)c2ccccc2)c(=O)n1C(F)c1ccccc1. The molecule has 0 aliphatic heterocycles. The molecule has 2 unspecified atom stereocenters. The summed E-state index contributed by atoms with van der Waals surface area (Å²) in [4.78, 5) is 38.0. The van der Waals surface area contributed by atoms with Crippen LogP contribution in [-0.4, -0.2) is 23.8 Å². The van der Waals surface area contributed by atoms with Crippen molar-refractivity contribution in [2.75, 3.05) is 0 Å². The number of hydrogen-bond donors (Lipinski definition) is 0. The molecular weight excluding hydrogens is 551 g/mol. The second-order valence-corrected chi connectivity index (χ2v) is 9.21. The van der Waals surface area contributed by atoms with Crippen LogP contribution in [0.15, 0.2) is 107 Å². The Morgan fingerprint density at radius 1 is 0.833 bits per heavy atom. The Hall–Kier alpha value is -5.52. The van der Waals surface area contributed by atoms with Gasteiger partial charge in [0.25, 0.3) is 0 Å². The first-order valence-corrected chi connectivity index (χ1v) is 12.6. The van der Waals surface area contributed by atoms with Gasteiger partial charge in [0.15, 0.2) is 0 Å². The summed E-state index contributed by atoms with van der Waals surface area (Å²) in [5.74, 6) is -0.429. The molecule has 2 heterocycles. The fourth-order valence-electron chi connectivity index (χ4n) is 4.44. The van der Waals surface area contributed by atoms with Crippen LogP contribution in [0.3, 0.4) is 0 Å². The van der Waals surface area contributed by atoms with Crippen LogP contribution in [0.5, 0.6) is 0 Å². The molecule has 9 nitrogen and oxygen atoms in total. The van der Waals surface area contributed by atoms with Crippen molar-refractivity contribution < 1.29 is 18.1 Å². The average Bonchev–Trinajstić information content (AvgIpc) is 3.44. The van der Waals surface area contributed by atoms with Gasteiger partial charge >= 0.3 is 16.9 Å². The fraction of sp³-hybridized carbons (Fsp3) is 0.100. The van der Waals surface area contributed by atoms with E-state index in [1.165, 1.54) is 77.7 Å². The lowest BCUT2D eigenvalue weighted by Crippen LogP contribution is -2.44. The second-order valence-electron chi connectivity index (χ2n) is 9.21. The molecule has 42 heavy (non-hydrogen) atoms. The van der Waals surface area contributed by atoms with Crippen molar-refractivity contribution in [2.45, 2.75) is 19.1 Å². The Bertz CT molecular complexity index is 1880. The third-order valence-electron chi connectivity index (χ3n) is 6.50. The molecule has 0 aliphatic carbocycles. The van der Waals surface area contributed by atoms with Crippen LogP contribution in [0.1, 0.15) is 40.5 Å². The van der Waals surface area contributed by atoms with Crippen molar-refractivity contribution in [1.82, 2.24) is 18.9 Å². The summed E-state index contributed by atoms with van der Waals surface area (Å²) in [7, 11) is 0. The summed E-state index contributed by atoms with van der Waals surface area (Å²) in [5.41, 5.74) is -4.29. The Kier molecular flexibility index (Phi) is 7.96. The lowest BCUT2D eigenvalue weighted by Gasteiger charge is -2.19. The largest absolute Gasteiger partial charge is 0.357 e. The zero-order valence-electron chi connectivity index (χ0n) is 21.8. The Labute approximate surface area is 236 Å². The lowest BCUT2D eigenvalue weighted by atomic mass is 10.1. The number of alkyl halides is 2. The standard InChI is InChI=1S/C30H22F3N5O4/c31-24-14-8-7-13-23(24)19-35-18-20(17-34-35)15-16-25-26(38(41)42)29(39)37(28(33)22-11-5-2-6-12-22)30(40)36(25)27(32)21-9-3-1-4-10-21/h1-18,27-28H,19H2. The van der Waals surface area contributed by atoms with E-state index in [1.54, 1.807) is 30.3 Å². The fourth-order valence-corrected chi connectivity index (χ4v) is 4.44. The number of nitrogens with zero attached hydrogens (tertiary/aromatic N) is 5. The van der Waals surface area contributed by atoms with Crippen LogP contribution < -0.4 is 11.2 Å². The third-order valence-corrected chi connectivity index (χ3v) is 6.50. The molecule has 0 bridgehead atoms. The second kappa shape index (κ2) is 11.9. The van der Waals surface area contributed by atoms with Crippen molar-refractivity contribution in [3.63, 3.8) is 0 Å². The van der Waals surface area contributed by atoms with Gasteiger partial charge in [-0.05, 0) is 18.2 Å². The van der Waals surface area contributed by atoms with Gasteiger partial charge in [0.1, 0.15) is 11.5 Å². The third kappa shape index (κ3) is 5.55. The molecular formula is C30H22F3N5O4. The number of rotatable bonds is 9. The predicted molar refractivity (Wildman–Crippen MR) is 150 cm³/mol. The Balaban J connectivity index is 1.65. The molecule has 0 radical (unpaired) electrons. The number of aromatic nitrogens is 4. The van der Waals surface area contributed by atoms with Crippen LogP contribution >= 0.6 is 0 Å². The topological polar surface area (TPSA) is 105 Å². The average molecular weight is 574 g/mol. The quantitative estimate of drug-likeness (QED) is 0.171. The molecule has 12 heteroatoms. The van der Waals surface area contributed by atoms with E-state index in [4.69, 9.17) is 0 Å². The van der Waals surface area contributed by atoms with Gasteiger partial charge in [0.05, 0.1) is 17.7 Å². The number of nitro groups is 1. The first-order chi connectivity index (χ1) is 20.3. The van der Waals surface area contributed by atoms with Crippen molar-refractivity contribution in [3.05, 3.63) is 162 Å². The highest BCUT2D eigenvalue weighted by atomic mass is 19.1. The Morgan fingerprint density at radius 3 is 2.00 bits per heavy atom. The first-order valence-electron chi connectivity index (χ1n) is 12.6. The highest BCUT2D eigenvalue weighted by Gasteiger charge is 2.33.